The molecule has 0 unspecified atom stereocenters. The Morgan fingerprint density at radius 3 is 2.42 bits per heavy atom. The summed E-state index contributed by atoms with van der Waals surface area (Å²) < 4.78 is 10.1. The molecule has 1 amide bonds. The molecule has 0 saturated carbocycles. The van der Waals surface area contributed by atoms with Crippen molar-refractivity contribution in [1.29, 1.82) is 0 Å². The lowest BCUT2D eigenvalue weighted by atomic mass is 9.89. The Kier molecular flexibility index (Phi) is 9.16. The Bertz CT molecular complexity index is 278. The molecule has 0 rings (SSSR count). The van der Waals surface area contributed by atoms with E-state index in [4.69, 9.17) is 14.6 Å². The van der Waals surface area contributed by atoms with Crippen LogP contribution in [0, 0.1) is 5.41 Å². The molecule has 112 valence electrons. The molecule has 0 aliphatic rings. The zero-order chi connectivity index (χ0) is 14.7. The average molecular weight is 275 g/mol. The summed E-state index contributed by atoms with van der Waals surface area (Å²) in [6.45, 7) is 5.43. The molecule has 19 heavy (non-hydrogen) atoms. The predicted molar refractivity (Wildman–Crippen MR) is 71.0 cm³/mol. The lowest BCUT2D eigenvalue weighted by molar-refractivity contribution is -0.149. The zero-order valence-corrected chi connectivity index (χ0v) is 12.0. The van der Waals surface area contributed by atoms with Crippen LogP contribution in [0.2, 0.25) is 0 Å². The maximum Gasteiger partial charge on any atom is 0.309 e. The number of unbranched alkanes of at least 4 members (excludes halogenated alkanes) is 1. The fourth-order valence-corrected chi connectivity index (χ4v) is 1.34. The number of hydrogen-bond acceptors (Lipinski definition) is 4. The van der Waals surface area contributed by atoms with Gasteiger partial charge in [-0.3, -0.25) is 9.59 Å². The average Bonchev–Trinajstić information content (AvgIpc) is 2.31. The molecule has 0 heterocycles. The van der Waals surface area contributed by atoms with E-state index in [1.54, 1.807) is 21.0 Å². The minimum atomic E-state index is -1.02. The molecule has 0 fully saturated rings. The van der Waals surface area contributed by atoms with Gasteiger partial charge in [0.15, 0.2) is 0 Å². The Morgan fingerprint density at radius 2 is 1.84 bits per heavy atom. The molecule has 0 radical (unpaired) electrons. The molecule has 0 aliphatic heterocycles. The van der Waals surface area contributed by atoms with Crippen molar-refractivity contribution in [1.82, 2.24) is 5.32 Å². The predicted octanol–water partition coefficient (Wildman–Crippen LogP) is 1.05. The van der Waals surface area contributed by atoms with Crippen molar-refractivity contribution >= 4 is 11.9 Å². The maximum absolute atomic E-state index is 11.5. The van der Waals surface area contributed by atoms with Crippen molar-refractivity contribution in [2.24, 2.45) is 5.41 Å². The fraction of sp³-hybridized carbons (Fsp3) is 0.846. The van der Waals surface area contributed by atoms with Crippen LogP contribution in [0.1, 0.15) is 33.1 Å². The Balaban J connectivity index is 3.52. The van der Waals surface area contributed by atoms with Gasteiger partial charge in [-0.25, -0.2) is 0 Å². The van der Waals surface area contributed by atoms with E-state index in [0.29, 0.717) is 26.4 Å². The van der Waals surface area contributed by atoms with Crippen LogP contribution in [0.4, 0.5) is 0 Å². The molecule has 0 saturated heterocycles. The van der Waals surface area contributed by atoms with Gasteiger partial charge in [-0.15, -0.1) is 0 Å². The first-order valence-corrected chi connectivity index (χ1v) is 6.47. The summed E-state index contributed by atoms with van der Waals surface area (Å²) in [7, 11) is 1.62. The van der Waals surface area contributed by atoms with Crippen molar-refractivity contribution in [3.8, 4) is 0 Å². The summed E-state index contributed by atoms with van der Waals surface area (Å²) in [6.07, 6.45) is 1.66. The van der Waals surface area contributed by atoms with Crippen molar-refractivity contribution in [2.45, 2.75) is 33.1 Å². The van der Waals surface area contributed by atoms with Gasteiger partial charge in [-0.05, 0) is 26.7 Å². The minimum absolute atomic E-state index is 0.00727. The Morgan fingerprint density at radius 1 is 1.16 bits per heavy atom. The number of rotatable bonds is 11. The first kappa shape index (κ1) is 17.9. The highest BCUT2D eigenvalue weighted by Gasteiger charge is 2.29. The summed E-state index contributed by atoms with van der Waals surface area (Å²) in [5, 5.41) is 11.6. The van der Waals surface area contributed by atoms with Gasteiger partial charge in [0.1, 0.15) is 0 Å². The molecule has 0 atom stereocenters. The van der Waals surface area contributed by atoms with Crippen LogP contribution >= 0.6 is 0 Å². The molecule has 6 heteroatoms. The normalized spacial score (nSPS) is 11.3. The summed E-state index contributed by atoms with van der Waals surface area (Å²) in [4.78, 5) is 22.4. The molecule has 6 nitrogen and oxygen atoms in total. The van der Waals surface area contributed by atoms with E-state index >= 15 is 0 Å². The smallest absolute Gasteiger partial charge is 0.309 e. The first-order chi connectivity index (χ1) is 8.90. The third-order valence-electron chi connectivity index (χ3n) is 2.65. The molecular weight excluding hydrogens is 250 g/mol. The van der Waals surface area contributed by atoms with Crippen LogP contribution in [0.5, 0.6) is 0 Å². The second-order valence-corrected chi connectivity index (χ2v) is 5.03. The Labute approximate surface area is 114 Å². The molecule has 0 bridgehead atoms. The van der Waals surface area contributed by atoms with Crippen molar-refractivity contribution < 1.29 is 24.2 Å². The number of nitrogens with one attached hydrogen (secondary N) is 1. The van der Waals surface area contributed by atoms with E-state index in [1.165, 1.54) is 0 Å². The highest BCUT2D eigenvalue weighted by molar-refractivity contribution is 5.84. The van der Waals surface area contributed by atoms with E-state index in [-0.39, 0.29) is 12.3 Å². The molecular formula is C13H25NO5. The largest absolute Gasteiger partial charge is 0.481 e. The van der Waals surface area contributed by atoms with Gasteiger partial charge in [0.05, 0.1) is 18.6 Å². The number of amides is 1. The van der Waals surface area contributed by atoms with E-state index in [9.17, 15) is 9.59 Å². The summed E-state index contributed by atoms with van der Waals surface area (Å²) in [5.74, 6) is -1.19. The fourth-order valence-electron chi connectivity index (χ4n) is 1.34. The highest BCUT2D eigenvalue weighted by Crippen LogP contribution is 2.19. The number of carbonyl (C=O) groups is 2. The van der Waals surface area contributed by atoms with E-state index in [0.717, 1.165) is 12.8 Å². The monoisotopic (exact) mass is 275 g/mol. The summed E-state index contributed by atoms with van der Waals surface area (Å²) in [6, 6.07) is 0. The highest BCUT2D eigenvalue weighted by atomic mass is 16.5. The number of carboxylic acids is 1. The van der Waals surface area contributed by atoms with Crippen molar-refractivity contribution in [3.63, 3.8) is 0 Å². The molecule has 0 aromatic rings. The SMILES string of the molecule is COCCOCCCCNC(=O)CC(C)(C)C(=O)O. The van der Waals surface area contributed by atoms with Crippen LogP contribution in [-0.4, -0.2) is 50.5 Å². The summed E-state index contributed by atoms with van der Waals surface area (Å²) >= 11 is 0. The number of hydrogen-bond donors (Lipinski definition) is 2. The summed E-state index contributed by atoms with van der Waals surface area (Å²) in [5.41, 5.74) is -1.02. The van der Waals surface area contributed by atoms with Crippen LogP contribution in [0.3, 0.4) is 0 Å². The van der Waals surface area contributed by atoms with Crippen LogP contribution in [0.15, 0.2) is 0 Å². The number of carboxylic acid groups (broad SMARTS) is 1. The van der Waals surface area contributed by atoms with Gasteiger partial charge in [-0.1, -0.05) is 0 Å². The van der Waals surface area contributed by atoms with Gasteiger partial charge < -0.3 is 19.9 Å². The van der Waals surface area contributed by atoms with Gasteiger partial charge in [0.2, 0.25) is 5.91 Å². The number of methoxy groups -OCH3 is 1. The topological polar surface area (TPSA) is 84.9 Å². The van der Waals surface area contributed by atoms with Gasteiger partial charge in [-0.2, -0.15) is 0 Å². The van der Waals surface area contributed by atoms with Crippen LogP contribution in [-0.2, 0) is 19.1 Å². The third-order valence-corrected chi connectivity index (χ3v) is 2.65. The van der Waals surface area contributed by atoms with Crippen molar-refractivity contribution in [3.05, 3.63) is 0 Å². The van der Waals surface area contributed by atoms with E-state index in [1.807, 2.05) is 0 Å². The van der Waals surface area contributed by atoms with E-state index in [2.05, 4.69) is 5.32 Å². The number of carbonyl (C=O) groups excluding carboxylic acids is 1. The van der Waals surface area contributed by atoms with E-state index < -0.39 is 11.4 Å². The van der Waals surface area contributed by atoms with Gasteiger partial charge in [0, 0.05) is 26.7 Å². The zero-order valence-electron chi connectivity index (χ0n) is 12.0. The molecule has 0 aliphatic carbocycles. The maximum atomic E-state index is 11.5. The van der Waals surface area contributed by atoms with Gasteiger partial charge in [0.25, 0.3) is 0 Å². The quantitative estimate of drug-likeness (QED) is 0.550. The lowest BCUT2D eigenvalue weighted by Crippen LogP contribution is -2.33. The third kappa shape index (κ3) is 9.44. The van der Waals surface area contributed by atoms with Crippen molar-refractivity contribution in [2.75, 3.05) is 33.5 Å². The minimum Gasteiger partial charge on any atom is -0.481 e. The number of ether oxygens (including phenoxy) is 2. The van der Waals surface area contributed by atoms with Gasteiger partial charge >= 0.3 is 5.97 Å². The Hall–Kier alpha value is -1.14. The molecule has 0 aromatic heterocycles. The lowest BCUT2D eigenvalue weighted by Gasteiger charge is -2.18. The second kappa shape index (κ2) is 9.75. The van der Waals surface area contributed by atoms with Crippen LogP contribution < -0.4 is 5.32 Å². The molecule has 0 aromatic carbocycles. The molecule has 2 N–H and O–H groups in total. The second-order valence-electron chi connectivity index (χ2n) is 5.03. The first-order valence-electron chi connectivity index (χ1n) is 6.47. The standard InChI is InChI=1S/C13H25NO5/c1-13(2,12(16)17)10-11(15)14-6-4-5-7-19-9-8-18-3/h4-10H2,1-3H3,(H,14,15)(H,16,17). The number of aliphatic carboxylic acids is 1. The van der Waals surface area contributed by atoms with Crippen LogP contribution in [0.25, 0.3) is 0 Å². The molecule has 0 spiro atoms.